The highest BCUT2D eigenvalue weighted by molar-refractivity contribution is 5.76. The Labute approximate surface area is 127 Å². The lowest BCUT2D eigenvalue weighted by Gasteiger charge is -2.56. The SMILES string of the molecule is O=C(NC=C1CCCCC1)NC12CC3CC(CC(C3)C1)C2. The Morgan fingerprint density at radius 2 is 1.52 bits per heavy atom. The molecule has 0 aromatic carbocycles. The number of hydrogen-bond donors (Lipinski definition) is 2. The molecule has 5 rings (SSSR count). The number of urea groups is 1. The Morgan fingerprint density at radius 1 is 0.952 bits per heavy atom. The summed E-state index contributed by atoms with van der Waals surface area (Å²) in [6, 6.07) is 0.0371. The second kappa shape index (κ2) is 5.33. The Morgan fingerprint density at radius 3 is 2.10 bits per heavy atom. The van der Waals surface area contributed by atoms with Crippen LogP contribution >= 0.6 is 0 Å². The van der Waals surface area contributed by atoms with Crippen molar-refractivity contribution < 1.29 is 4.79 Å². The number of nitrogens with one attached hydrogen (secondary N) is 2. The molecular formula is C18H28N2O. The van der Waals surface area contributed by atoms with Crippen LogP contribution in [0.25, 0.3) is 0 Å². The van der Waals surface area contributed by atoms with Gasteiger partial charge in [-0.15, -0.1) is 0 Å². The van der Waals surface area contributed by atoms with Crippen LogP contribution in [-0.4, -0.2) is 11.6 Å². The average molecular weight is 288 g/mol. The summed E-state index contributed by atoms with van der Waals surface area (Å²) in [5, 5.41) is 6.38. The molecule has 0 aromatic heterocycles. The van der Waals surface area contributed by atoms with Gasteiger partial charge in [0.2, 0.25) is 0 Å². The normalized spacial score (nSPS) is 41.0. The van der Waals surface area contributed by atoms with E-state index in [-0.39, 0.29) is 11.6 Å². The van der Waals surface area contributed by atoms with E-state index in [9.17, 15) is 4.79 Å². The van der Waals surface area contributed by atoms with Crippen LogP contribution in [0.3, 0.4) is 0 Å². The summed E-state index contributed by atoms with van der Waals surface area (Å²) >= 11 is 0. The molecule has 5 aliphatic carbocycles. The Bertz CT molecular complexity index is 411. The summed E-state index contributed by atoms with van der Waals surface area (Å²) in [6.45, 7) is 0. The lowest BCUT2D eigenvalue weighted by Crippen LogP contribution is -2.61. The van der Waals surface area contributed by atoms with Crippen LogP contribution in [0.15, 0.2) is 11.8 Å². The fraction of sp³-hybridized carbons (Fsp3) is 0.833. The summed E-state index contributed by atoms with van der Waals surface area (Å²) in [6.07, 6.45) is 16.2. The second-order valence-electron chi connectivity index (χ2n) is 8.16. The Balaban J connectivity index is 1.36. The second-order valence-corrected chi connectivity index (χ2v) is 8.16. The van der Waals surface area contributed by atoms with Crippen molar-refractivity contribution in [1.29, 1.82) is 0 Å². The van der Waals surface area contributed by atoms with Crippen molar-refractivity contribution in [2.45, 2.75) is 76.2 Å². The van der Waals surface area contributed by atoms with Crippen LogP contribution in [-0.2, 0) is 0 Å². The van der Waals surface area contributed by atoms with Gasteiger partial charge in [-0.2, -0.15) is 0 Å². The Hall–Kier alpha value is -0.990. The molecule has 4 bridgehead atoms. The van der Waals surface area contributed by atoms with Crippen LogP contribution in [0.5, 0.6) is 0 Å². The van der Waals surface area contributed by atoms with E-state index in [2.05, 4.69) is 10.6 Å². The zero-order valence-corrected chi connectivity index (χ0v) is 13.0. The van der Waals surface area contributed by atoms with Crippen LogP contribution in [0.4, 0.5) is 4.79 Å². The van der Waals surface area contributed by atoms with Gasteiger partial charge in [0.15, 0.2) is 0 Å². The van der Waals surface area contributed by atoms with Gasteiger partial charge in [-0.3, -0.25) is 0 Å². The monoisotopic (exact) mass is 288 g/mol. The first-order valence-corrected chi connectivity index (χ1v) is 8.97. The molecule has 5 aliphatic rings. The fourth-order valence-electron chi connectivity index (χ4n) is 5.86. The molecular weight excluding hydrogens is 260 g/mol. The topological polar surface area (TPSA) is 41.1 Å². The van der Waals surface area contributed by atoms with Crippen molar-refractivity contribution in [3.8, 4) is 0 Å². The third-order valence-electron chi connectivity index (χ3n) is 6.32. The van der Waals surface area contributed by atoms with Crippen molar-refractivity contribution >= 4 is 6.03 Å². The number of carbonyl (C=O) groups excluding carboxylic acids is 1. The summed E-state index contributed by atoms with van der Waals surface area (Å²) in [5.74, 6) is 2.65. The van der Waals surface area contributed by atoms with Crippen LogP contribution < -0.4 is 10.6 Å². The molecule has 0 saturated heterocycles. The molecule has 21 heavy (non-hydrogen) atoms. The molecule has 0 atom stereocenters. The largest absolute Gasteiger partial charge is 0.332 e. The molecule has 3 nitrogen and oxygen atoms in total. The maximum absolute atomic E-state index is 12.3. The quantitative estimate of drug-likeness (QED) is 0.789. The van der Waals surface area contributed by atoms with E-state index in [0.717, 1.165) is 30.6 Å². The van der Waals surface area contributed by atoms with Crippen molar-refractivity contribution in [1.82, 2.24) is 10.6 Å². The molecule has 2 amide bonds. The zero-order valence-electron chi connectivity index (χ0n) is 13.0. The zero-order chi connectivity index (χ0) is 14.3. The third-order valence-corrected chi connectivity index (χ3v) is 6.32. The lowest BCUT2D eigenvalue weighted by atomic mass is 9.53. The van der Waals surface area contributed by atoms with Crippen LogP contribution in [0, 0.1) is 17.8 Å². The predicted molar refractivity (Wildman–Crippen MR) is 83.7 cm³/mol. The first kappa shape index (κ1) is 13.7. The van der Waals surface area contributed by atoms with Crippen LogP contribution in [0.2, 0.25) is 0 Å². The molecule has 0 aromatic rings. The summed E-state index contributed by atoms with van der Waals surface area (Å²) in [7, 11) is 0. The molecule has 5 fully saturated rings. The molecule has 0 spiro atoms. The first-order chi connectivity index (χ1) is 10.2. The number of rotatable bonds is 2. The first-order valence-electron chi connectivity index (χ1n) is 8.97. The molecule has 0 heterocycles. The fourth-order valence-corrected chi connectivity index (χ4v) is 5.86. The number of hydrogen-bond acceptors (Lipinski definition) is 1. The van der Waals surface area contributed by atoms with E-state index in [4.69, 9.17) is 0 Å². The van der Waals surface area contributed by atoms with E-state index >= 15 is 0 Å². The van der Waals surface area contributed by atoms with E-state index in [0.29, 0.717) is 0 Å². The number of carbonyl (C=O) groups is 1. The Kier molecular flexibility index (Phi) is 3.47. The van der Waals surface area contributed by atoms with Gasteiger partial charge in [0, 0.05) is 11.7 Å². The van der Waals surface area contributed by atoms with Crippen molar-refractivity contribution in [3.63, 3.8) is 0 Å². The standard InChI is InChI=1S/C18H28N2O/c21-17(19-12-13-4-2-1-3-5-13)20-18-9-14-6-15(10-18)8-16(7-14)11-18/h12,14-16H,1-11H2,(H2,19,20,21). The van der Waals surface area contributed by atoms with Crippen molar-refractivity contribution in [2.24, 2.45) is 17.8 Å². The molecule has 0 aliphatic heterocycles. The van der Waals surface area contributed by atoms with Gasteiger partial charge in [-0.1, -0.05) is 12.0 Å². The molecule has 0 radical (unpaired) electrons. The van der Waals surface area contributed by atoms with Gasteiger partial charge >= 0.3 is 6.03 Å². The lowest BCUT2D eigenvalue weighted by molar-refractivity contribution is -0.0133. The van der Waals surface area contributed by atoms with Gasteiger partial charge in [-0.05, 0) is 82.0 Å². The highest BCUT2D eigenvalue weighted by Gasteiger charge is 2.51. The summed E-state index contributed by atoms with van der Waals surface area (Å²) < 4.78 is 0. The average Bonchev–Trinajstić information content (AvgIpc) is 2.44. The smallest absolute Gasteiger partial charge is 0.319 e. The molecule has 116 valence electrons. The van der Waals surface area contributed by atoms with E-state index < -0.39 is 0 Å². The van der Waals surface area contributed by atoms with E-state index in [1.165, 1.54) is 63.4 Å². The molecule has 2 N–H and O–H groups in total. The minimum atomic E-state index is 0.0371. The van der Waals surface area contributed by atoms with Gasteiger partial charge < -0.3 is 10.6 Å². The maximum Gasteiger partial charge on any atom is 0.319 e. The highest BCUT2D eigenvalue weighted by Crippen LogP contribution is 2.55. The summed E-state index contributed by atoms with van der Waals surface area (Å²) in [5.41, 5.74) is 1.55. The van der Waals surface area contributed by atoms with E-state index in [1.54, 1.807) is 0 Å². The number of allylic oxidation sites excluding steroid dienone is 1. The van der Waals surface area contributed by atoms with Crippen molar-refractivity contribution in [2.75, 3.05) is 0 Å². The van der Waals surface area contributed by atoms with Gasteiger partial charge in [0.25, 0.3) is 0 Å². The van der Waals surface area contributed by atoms with Gasteiger partial charge in [-0.25, -0.2) is 4.79 Å². The minimum absolute atomic E-state index is 0.0371. The van der Waals surface area contributed by atoms with Crippen molar-refractivity contribution in [3.05, 3.63) is 11.8 Å². The van der Waals surface area contributed by atoms with Gasteiger partial charge in [0.1, 0.15) is 0 Å². The number of amides is 2. The summed E-state index contributed by atoms with van der Waals surface area (Å²) in [4.78, 5) is 12.3. The molecule has 3 heteroatoms. The van der Waals surface area contributed by atoms with Gasteiger partial charge in [0.05, 0.1) is 0 Å². The molecule has 0 unspecified atom stereocenters. The highest BCUT2D eigenvalue weighted by atomic mass is 16.2. The third kappa shape index (κ3) is 2.84. The van der Waals surface area contributed by atoms with Crippen LogP contribution in [0.1, 0.15) is 70.6 Å². The minimum Gasteiger partial charge on any atom is -0.332 e. The predicted octanol–water partition coefficient (Wildman–Crippen LogP) is 4.10. The van der Waals surface area contributed by atoms with E-state index in [1.807, 2.05) is 6.20 Å². The molecule has 5 saturated carbocycles. The maximum atomic E-state index is 12.3.